The van der Waals surface area contributed by atoms with Crippen molar-refractivity contribution in [2.75, 3.05) is 31.5 Å². The van der Waals surface area contributed by atoms with Crippen LogP contribution in [0.4, 0.5) is 5.82 Å². The highest BCUT2D eigenvalue weighted by Gasteiger charge is 2.21. The Bertz CT molecular complexity index is 783. The summed E-state index contributed by atoms with van der Waals surface area (Å²) in [7, 11) is 0. The third kappa shape index (κ3) is 5.06. The van der Waals surface area contributed by atoms with Crippen molar-refractivity contribution in [1.82, 2.24) is 15.2 Å². The van der Waals surface area contributed by atoms with Crippen molar-refractivity contribution in [3.63, 3.8) is 0 Å². The Hall–Kier alpha value is -2.89. The number of carbonyl (C=O) groups excluding carboxylic acids is 2. The van der Waals surface area contributed by atoms with Gasteiger partial charge in [0.2, 0.25) is 0 Å². The van der Waals surface area contributed by atoms with Crippen molar-refractivity contribution in [3.05, 3.63) is 59.3 Å². The number of benzene rings is 1. The molecule has 6 heteroatoms. The summed E-state index contributed by atoms with van der Waals surface area (Å²) in [5, 5.41) is 6.05. The molecule has 0 unspecified atom stereocenters. The van der Waals surface area contributed by atoms with Crippen LogP contribution >= 0.6 is 0 Å². The minimum Gasteiger partial charge on any atom is -0.368 e. The van der Waals surface area contributed by atoms with Crippen LogP contribution in [0.25, 0.3) is 0 Å². The van der Waals surface area contributed by atoms with Crippen molar-refractivity contribution in [2.24, 2.45) is 0 Å². The Morgan fingerprint density at radius 3 is 2.52 bits per heavy atom. The molecule has 1 fully saturated rings. The van der Waals surface area contributed by atoms with Gasteiger partial charge in [-0.2, -0.15) is 0 Å². The second-order valence-corrected chi connectivity index (χ2v) is 6.80. The van der Waals surface area contributed by atoms with Gasteiger partial charge in [0.05, 0.1) is 5.56 Å². The monoisotopic (exact) mass is 366 g/mol. The minimum absolute atomic E-state index is 0.0222. The lowest BCUT2D eigenvalue weighted by Crippen LogP contribution is -2.36. The Kier molecular flexibility index (Phi) is 6.41. The summed E-state index contributed by atoms with van der Waals surface area (Å²) in [5.41, 5.74) is 2.35. The highest BCUT2D eigenvalue weighted by Crippen LogP contribution is 2.17. The fourth-order valence-corrected chi connectivity index (χ4v) is 3.15. The van der Waals surface area contributed by atoms with E-state index >= 15 is 0 Å². The van der Waals surface area contributed by atoms with Crippen LogP contribution in [0.5, 0.6) is 0 Å². The molecule has 0 bridgehead atoms. The molecule has 2 aromatic rings. The molecule has 2 N–H and O–H groups in total. The highest BCUT2D eigenvalue weighted by molar-refractivity contribution is 5.98. The van der Waals surface area contributed by atoms with Crippen LogP contribution in [0.2, 0.25) is 0 Å². The fourth-order valence-electron chi connectivity index (χ4n) is 3.15. The third-order valence-corrected chi connectivity index (χ3v) is 4.70. The molecule has 1 saturated heterocycles. The van der Waals surface area contributed by atoms with Crippen LogP contribution in [0.15, 0.2) is 42.6 Å². The van der Waals surface area contributed by atoms with E-state index in [1.54, 1.807) is 18.3 Å². The molecular formula is C21H26N4O2. The van der Waals surface area contributed by atoms with Crippen molar-refractivity contribution >= 4 is 17.6 Å². The van der Waals surface area contributed by atoms with Crippen molar-refractivity contribution in [1.29, 1.82) is 0 Å². The normalized spacial score (nSPS) is 13.9. The number of likely N-dealkylation sites (tertiary alicyclic amines) is 1. The lowest BCUT2D eigenvalue weighted by atomic mass is 10.1. The molecule has 1 aromatic carbocycles. The Morgan fingerprint density at radius 1 is 1.04 bits per heavy atom. The molecule has 27 heavy (non-hydrogen) atoms. The van der Waals surface area contributed by atoms with Gasteiger partial charge in [0.25, 0.3) is 11.8 Å². The molecule has 6 nitrogen and oxygen atoms in total. The summed E-state index contributed by atoms with van der Waals surface area (Å²) < 4.78 is 0. The molecule has 142 valence electrons. The summed E-state index contributed by atoms with van der Waals surface area (Å²) in [5.74, 6) is 0.481. The summed E-state index contributed by atoms with van der Waals surface area (Å²) in [4.78, 5) is 31.1. The van der Waals surface area contributed by atoms with Gasteiger partial charge in [-0.3, -0.25) is 9.59 Å². The number of hydrogen-bond acceptors (Lipinski definition) is 4. The van der Waals surface area contributed by atoms with Gasteiger partial charge in [0, 0.05) is 37.9 Å². The number of aromatic nitrogens is 1. The van der Waals surface area contributed by atoms with Crippen LogP contribution in [0, 0.1) is 6.92 Å². The summed E-state index contributed by atoms with van der Waals surface area (Å²) in [6.07, 6.45) is 4.96. The number of piperidine rings is 1. The molecule has 2 amide bonds. The Morgan fingerprint density at radius 2 is 1.78 bits per heavy atom. The minimum atomic E-state index is -0.109. The van der Waals surface area contributed by atoms with Crippen LogP contribution in [0.3, 0.4) is 0 Å². The second-order valence-electron chi connectivity index (χ2n) is 6.80. The quantitative estimate of drug-likeness (QED) is 0.771. The molecule has 1 aliphatic rings. The molecular weight excluding hydrogens is 340 g/mol. The van der Waals surface area contributed by atoms with Gasteiger partial charge in [-0.1, -0.05) is 17.7 Å². The molecule has 0 radical (unpaired) electrons. The molecule has 1 aromatic heterocycles. The summed E-state index contributed by atoms with van der Waals surface area (Å²) in [6.45, 7) is 4.54. The van der Waals surface area contributed by atoms with Gasteiger partial charge in [0.1, 0.15) is 5.82 Å². The molecule has 1 aliphatic heterocycles. The average molecular weight is 366 g/mol. The topological polar surface area (TPSA) is 74.3 Å². The molecule has 2 heterocycles. The number of nitrogens with zero attached hydrogens (tertiary/aromatic N) is 2. The van der Waals surface area contributed by atoms with E-state index in [0.29, 0.717) is 30.0 Å². The smallest absolute Gasteiger partial charge is 0.257 e. The van der Waals surface area contributed by atoms with Gasteiger partial charge >= 0.3 is 0 Å². The number of aryl methyl sites for hydroxylation is 1. The number of nitrogens with one attached hydrogen (secondary N) is 2. The first-order valence-electron chi connectivity index (χ1n) is 9.48. The van der Waals surface area contributed by atoms with Gasteiger partial charge in [0.15, 0.2) is 0 Å². The van der Waals surface area contributed by atoms with E-state index in [9.17, 15) is 9.59 Å². The first-order chi connectivity index (χ1) is 13.1. The van der Waals surface area contributed by atoms with E-state index < -0.39 is 0 Å². The number of pyridine rings is 1. The third-order valence-electron chi connectivity index (χ3n) is 4.70. The second kappa shape index (κ2) is 9.16. The SMILES string of the molecule is Cc1ccc(C(=O)NCCNc2ncccc2C(=O)N2CCCCC2)cc1. The Balaban J connectivity index is 1.53. The number of carbonyl (C=O) groups is 2. The van der Waals surface area contributed by atoms with E-state index in [0.717, 1.165) is 31.5 Å². The predicted octanol–water partition coefficient (Wildman–Crippen LogP) is 2.86. The van der Waals surface area contributed by atoms with E-state index in [2.05, 4.69) is 15.6 Å². The maximum Gasteiger partial charge on any atom is 0.257 e. The van der Waals surface area contributed by atoms with Crippen molar-refractivity contribution in [2.45, 2.75) is 26.2 Å². The van der Waals surface area contributed by atoms with Crippen LogP contribution in [0.1, 0.15) is 45.5 Å². The number of hydrogen-bond donors (Lipinski definition) is 2. The molecule has 0 atom stereocenters. The van der Waals surface area contributed by atoms with E-state index in [1.165, 1.54) is 6.42 Å². The lowest BCUT2D eigenvalue weighted by molar-refractivity contribution is 0.0724. The number of rotatable bonds is 6. The Labute approximate surface area is 160 Å². The van der Waals surface area contributed by atoms with Crippen LogP contribution in [-0.4, -0.2) is 47.9 Å². The first-order valence-corrected chi connectivity index (χ1v) is 9.48. The van der Waals surface area contributed by atoms with Crippen LogP contribution in [-0.2, 0) is 0 Å². The zero-order valence-corrected chi connectivity index (χ0v) is 15.7. The summed E-state index contributed by atoms with van der Waals surface area (Å²) >= 11 is 0. The van der Waals surface area contributed by atoms with Crippen molar-refractivity contribution < 1.29 is 9.59 Å². The number of amides is 2. The van der Waals surface area contributed by atoms with Gasteiger partial charge in [-0.05, 0) is 50.5 Å². The molecule has 0 saturated carbocycles. The predicted molar refractivity (Wildman–Crippen MR) is 106 cm³/mol. The maximum absolute atomic E-state index is 12.8. The van der Waals surface area contributed by atoms with Crippen molar-refractivity contribution in [3.8, 4) is 0 Å². The zero-order valence-electron chi connectivity index (χ0n) is 15.7. The fraction of sp³-hybridized carbons (Fsp3) is 0.381. The first kappa shape index (κ1) is 18.9. The van der Waals surface area contributed by atoms with E-state index in [1.807, 2.05) is 36.1 Å². The molecule has 3 rings (SSSR count). The van der Waals surface area contributed by atoms with Gasteiger partial charge < -0.3 is 15.5 Å². The van der Waals surface area contributed by atoms with E-state index in [-0.39, 0.29) is 11.8 Å². The van der Waals surface area contributed by atoms with Crippen LogP contribution < -0.4 is 10.6 Å². The summed E-state index contributed by atoms with van der Waals surface area (Å²) in [6, 6.07) is 11.0. The van der Waals surface area contributed by atoms with E-state index in [4.69, 9.17) is 0 Å². The average Bonchev–Trinajstić information content (AvgIpc) is 2.72. The highest BCUT2D eigenvalue weighted by atomic mass is 16.2. The molecule has 0 spiro atoms. The van der Waals surface area contributed by atoms with Gasteiger partial charge in [-0.15, -0.1) is 0 Å². The largest absolute Gasteiger partial charge is 0.368 e. The number of anilines is 1. The maximum atomic E-state index is 12.8. The molecule has 0 aliphatic carbocycles. The zero-order chi connectivity index (χ0) is 19.1. The van der Waals surface area contributed by atoms with Gasteiger partial charge in [-0.25, -0.2) is 4.98 Å². The standard InChI is InChI=1S/C21H26N4O2/c1-16-7-9-17(10-8-16)20(26)24-13-12-23-19-18(6-5-11-22-19)21(27)25-14-3-2-4-15-25/h5-11H,2-4,12-15H2,1H3,(H,22,23)(H,24,26). The lowest BCUT2D eigenvalue weighted by Gasteiger charge is -2.27.